The molecule has 4 heteroatoms. The van der Waals surface area contributed by atoms with Crippen molar-refractivity contribution in [2.24, 2.45) is 0 Å². The SMILES string of the molecule is COc1ccc(S[C@@H](CC(=O)c2ccccc2)c2ccc(N(C)C)cc2)cc1. The third kappa shape index (κ3) is 5.17. The largest absolute Gasteiger partial charge is 0.497 e. The number of carbonyl (C=O) groups excluding carboxylic acids is 1. The van der Waals surface area contributed by atoms with E-state index in [-0.39, 0.29) is 11.0 Å². The fraction of sp³-hybridized carbons (Fsp3) is 0.208. The molecule has 0 N–H and O–H groups in total. The summed E-state index contributed by atoms with van der Waals surface area (Å²) in [7, 11) is 5.71. The molecule has 0 aromatic heterocycles. The van der Waals surface area contributed by atoms with Gasteiger partial charge in [-0.05, 0) is 42.0 Å². The van der Waals surface area contributed by atoms with Crippen molar-refractivity contribution in [2.75, 3.05) is 26.1 Å². The van der Waals surface area contributed by atoms with Crippen LogP contribution in [0.3, 0.4) is 0 Å². The molecule has 0 spiro atoms. The van der Waals surface area contributed by atoms with Crippen LogP contribution in [-0.2, 0) is 0 Å². The molecule has 0 unspecified atom stereocenters. The Morgan fingerprint density at radius 3 is 2.14 bits per heavy atom. The van der Waals surface area contributed by atoms with Crippen molar-refractivity contribution in [2.45, 2.75) is 16.6 Å². The number of rotatable bonds is 8. The fourth-order valence-electron chi connectivity index (χ4n) is 2.94. The van der Waals surface area contributed by atoms with Gasteiger partial charge in [0, 0.05) is 41.9 Å². The predicted molar refractivity (Wildman–Crippen MR) is 118 cm³/mol. The predicted octanol–water partition coefficient (Wildman–Crippen LogP) is 5.87. The average Bonchev–Trinajstić information content (AvgIpc) is 2.74. The number of hydrogen-bond acceptors (Lipinski definition) is 4. The quantitative estimate of drug-likeness (QED) is 0.355. The van der Waals surface area contributed by atoms with E-state index >= 15 is 0 Å². The maximum absolute atomic E-state index is 12.9. The van der Waals surface area contributed by atoms with Crippen LogP contribution in [-0.4, -0.2) is 27.0 Å². The van der Waals surface area contributed by atoms with Crippen molar-refractivity contribution in [3.8, 4) is 5.75 Å². The molecule has 0 aliphatic rings. The van der Waals surface area contributed by atoms with Crippen molar-refractivity contribution < 1.29 is 9.53 Å². The number of nitrogens with zero attached hydrogens (tertiary/aromatic N) is 1. The first-order valence-corrected chi connectivity index (χ1v) is 10.1. The molecule has 3 nitrogen and oxygen atoms in total. The molecular weight excluding hydrogens is 366 g/mol. The van der Waals surface area contributed by atoms with Crippen LogP contribution in [0.5, 0.6) is 5.75 Å². The summed E-state index contributed by atoms with van der Waals surface area (Å²) in [4.78, 5) is 16.0. The van der Waals surface area contributed by atoms with Gasteiger partial charge in [-0.2, -0.15) is 0 Å². The Morgan fingerprint density at radius 2 is 1.57 bits per heavy atom. The Bertz CT molecular complexity index is 890. The van der Waals surface area contributed by atoms with Crippen LogP contribution in [0.4, 0.5) is 5.69 Å². The lowest BCUT2D eigenvalue weighted by Gasteiger charge is -2.19. The lowest BCUT2D eigenvalue weighted by Crippen LogP contribution is -2.09. The molecule has 0 saturated carbocycles. The Morgan fingerprint density at radius 1 is 0.929 bits per heavy atom. The van der Waals surface area contributed by atoms with Crippen molar-refractivity contribution in [1.82, 2.24) is 0 Å². The molecule has 0 radical (unpaired) electrons. The molecule has 0 saturated heterocycles. The normalized spacial score (nSPS) is 11.7. The van der Waals surface area contributed by atoms with Crippen LogP contribution >= 0.6 is 11.8 Å². The van der Waals surface area contributed by atoms with E-state index < -0.39 is 0 Å². The molecule has 3 aromatic rings. The maximum Gasteiger partial charge on any atom is 0.164 e. The number of hydrogen-bond donors (Lipinski definition) is 0. The van der Waals surface area contributed by atoms with Crippen molar-refractivity contribution in [1.29, 1.82) is 0 Å². The summed E-state index contributed by atoms with van der Waals surface area (Å²) < 4.78 is 5.25. The summed E-state index contributed by atoms with van der Waals surface area (Å²) >= 11 is 1.71. The summed E-state index contributed by atoms with van der Waals surface area (Å²) in [6.45, 7) is 0. The molecular formula is C24H25NO2S. The van der Waals surface area contributed by atoms with E-state index in [0.717, 1.165) is 27.5 Å². The molecule has 3 aromatic carbocycles. The van der Waals surface area contributed by atoms with Gasteiger partial charge in [0.25, 0.3) is 0 Å². The molecule has 0 heterocycles. The van der Waals surface area contributed by atoms with Gasteiger partial charge in [-0.1, -0.05) is 42.5 Å². The first-order chi connectivity index (χ1) is 13.6. The van der Waals surface area contributed by atoms with E-state index in [0.29, 0.717) is 6.42 Å². The summed E-state index contributed by atoms with van der Waals surface area (Å²) in [6.07, 6.45) is 0.446. The fourth-order valence-corrected chi connectivity index (χ4v) is 4.09. The van der Waals surface area contributed by atoms with E-state index in [1.54, 1.807) is 18.9 Å². The highest BCUT2D eigenvalue weighted by Crippen LogP contribution is 2.39. The van der Waals surface area contributed by atoms with Crippen LogP contribution in [0.25, 0.3) is 0 Å². The number of ether oxygens (including phenoxy) is 1. The average molecular weight is 392 g/mol. The van der Waals surface area contributed by atoms with Crippen LogP contribution in [0.15, 0.2) is 83.8 Å². The van der Waals surface area contributed by atoms with Gasteiger partial charge in [-0.15, -0.1) is 11.8 Å². The Labute approximate surface area is 171 Å². The molecule has 0 aliphatic carbocycles. The minimum atomic E-state index is 0.0392. The lowest BCUT2D eigenvalue weighted by molar-refractivity contribution is 0.0982. The van der Waals surface area contributed by atoms with Gasteiger partial charge in [0.1, 0.15) is 5.75 Å². The van der Waals surface area contributed by atoms with E-state index in [4.69, 9.17) is 4.74 Å². The second-order valence-corrected chi connectivity index (χ2v) is 8.04. The smallest absolute Gasteiger partial charge is 0.164 e. The molecule has 1 atom stereocenters. The third-order valence-electron chi connectivity index (χ3n) is 4.59. The zero-order valence-corrected chi connectivity index (χ0v) is 17.3. The molecule has 0 aliphatic heterocycles. The second kappa shape index (κ2) is 9.47. The van der Waals surface area contributed by atoms with Crippen molar-refractivity contribution in [3.05, 3.63) is 90.0 Å². The highest BCUT2D eigenvalue weighted by molar-refractivity contribution is 7.99. The highest BCUT2D eigenvalue weighted by Gasteiger charge is 2.19. The van der Waals surface area contributed by atoms with Gasteiger partial charge in [-0.3, -0.25) is 4.79 Å². The molecule has 28 heavy (non-hydrogen) atoms. The minimum Gasteiger partial charge on any atom is -0.497 e. The van der Waals surface area contributed by atoms with Gasteiger partial charge in [0.05, 0.1) is 7.11 Å². The van der Waals surface area contributed by atoms with Gasteiger partial charge < -0.3 is 9.64 Å². The summed E-state index contributed by atoms with van der Waals surface area (Å²) in [6, 6.07) is 25.9. The molecule has 144 valence electrons. The molecule has 0 amide bonds. The number of carbonyl (C=O) groups is 1. The molecule has 0 bridgehead atoms. The number of thioether (sulfide) groups is 1. The lowest BCUT2D eigenvalue weighted by atomic mass is 10.0. The van der Waals surface area contributed by atoms with Crippen LogP contribution < -0.4 is 9.64 Å². The number of ketones is 1. The van der Waals surface area contributed by atoms with E-state index in [9.17, 15) is 4.79 Å². The number of methoxy groups -OCH3 is 1. The van der Waals surface area contributed by atoms with Gasteiger partial charge in [0.15, 0.2) is 5.78 Å². The monoisotopic (exact) mass is 391 g/mol. The van der Waals surface area contributed by atoms with E-state index in [1.807, 2.05) is 68.7 Å². The van der Waals surface area contributed by atoms with Crippen molar-refractivity contribution >= 4 is 23.2 Å². The summed E-state index contributed by atoms with van der Waals surface area (Å²) in [5.74, 6) is 0.986. The number of Topliss-reactive ketones (excluding diaryl/α,β-unsaturated/α-hetero) is 1. The third-order valence-corrected chi connectivity index (χ3v) is 5.85. The van der Waals surface area contributed by atoms with Gasteiger partial charge >= 0.3 is 0 Å². The standard InChI is InChI=1S/C24H25NO2S/c1-25(2)20-11-9-19(10-12-20)24(17-23(26)18-7-5-4-6-8-18)28-22-15-13-21(27-3)14-16-22/h4-16,24H,17H2,1-3H3/t24-/m0/s1. The minimum absolute atomic E-state index is 0.0392. The summed E-state index contributed by atoms with van der Waals surface area (Å²) in [5, 5.41) is 0.0392. The van der Waals surface area contributed by atoms with Crippen LogP contribution in [0.2, 0.25) is 0 Å². The highest BCUT2D eigenvalue weighted by atomic mass is 32.2. The molecule has 3 rings (SSSR count). The maximum atomic E-state index is 12.9. The topological polar surface area (TPSA) is 29.5 Å². The zero-order valence-electron chi connectivity index (χ0n) is 16.5. The summed E-state index contributed by atoms with van der Waals surface area (Å²) in [5.41, 5.74) is 3.05. The molecule has 0 fully saturated rings. The Balaban J connectivity index is 1.84. The second-order valence-electron chi connectivity index (χ2n) is 6.76. The first-order valence-electron chi connectivity index (χ1n) is 9.23. The van der Waals surface area contributed by atoms with Crippen LogP contribution in [0, 0.1) is 0 Å². The van der Waals surface area contributed by atoms with Gasteiger partial charge in [0.2, 0.25) is 0 Å². The number of benzene rings is 3. The van der Waals surface area contributed by atoms with E-state index in [2.05, 4.69) is 29.2 Å². The zero-order chi connectivity index (χ0) is 19.9. The van der Waals surface area contributed by atoms with E-state index in [1.165, 1.54) is 0 Å². The number of anilines is 1. The Hall–Kier alpha value is -2.72. The van der Waals surface area contributed by atoms with Crippen LogP contribution in [0.1, 0.15) is 27.6 Å². The Kier molecular flexibility index (Phi) is 6.77. The van der Waals surface area contributed by atoms with Gasteiger partial charge in [-0.25, -0.2) is 0 Å². The first kappa shape index (κ1) is 20.0. The van der Waals surface area contributed by atoms with Crippen molar-refractivity contribution in [3.63, 3.8) is 0 Å².